The summed E-state index contributed by atoms with van der Waals surface area (Å²) in [7, 11) is 0. The predicted octanol–water partition coefficient (Wildman–Crippen LogP) is 2.53. The van der Waals surface area contributed by atoms with Crippen molar-refractivity contribution in [3.8, 4) is 0 Å². The van der Waals surface area contributed by atoms with Crippen LogP contribution < -0.4 is 0 Å². The van der Waals surface area contributed by atoms with Crippen LogP contribution in [-0.4, -0.2) is 40.7 Å². The number of carbonyl (C=O) groups excluding carboxylic acids is 1. The Morgan fingerprint density at radius 3 is 3.04 bits per heavy atom. The lowest BCUT2D eigenvalue weighted by Gasteiger charge is -2.31. The van der Waals surface area contributed by atoms with Gasteiger partial charge in [0.05, 0.1) is 18.7 Å². The molecule has 0 N–H and O–H groups in total. The molecule has 0 spiro atoms. The average Bonchev–Trinajstić information content (AvgIpc) is 3.20. The fourth-order valence-electron chi connectivity index (χ4n) is 3.27. The van der Waals surface area contributed by atoms with E-state index in [1.807, 2.05) is 10.3 Å². The standard InChI is InChI=1S/C16H19N3O3S/c1-10-17-18-15(22-10)13-8-19(6-7-21-13)16(20)12-9-23-14-5-3-2-4-11(12)14/h9,13H,2-8H2,1H3/t13-/m0/s1. The number of morpholine rings is 1. The summed E-state index contributed by atoms with van der Waals surface area (Å²) in [5.74, 6) is 1.07. The van der Waals surface area contributed by atoms with E-state index in [0.29, 0.717) is 31.5 Å². The number of aromatic nitrogens is 2. The Bertz CT molecular complexity index is 724. The van der Waals surface area contributed by atoms with Crippen molar-refractivity contribution in [2.24, 2.45) is 0 Å². The predicted molar refractivity (Wildman–Crippen MR) is 84.6 cm³/mol. The molecule has 1 amide bonds. The van der Waals surface area contributed by atoms with Crippen molar-refractivity contribution in [3.05, 3.63) is 33.2 Å². The van der Waals surface area contributed by atoms with Gasteiger partial charge in [-0.3, -0.25) is 4.79 Å². The third kappa shape index (κ3) is 2.79. The highest BCUT2D eigenvalue weighted by atomic mass is 32.1. The Morgan fingerprint density at radius 1 is 1.35 bits per heavy atom. The zero-order chi connectivity index (χ0) is 15.8. The first-order chi connectivity index (χ1) is 11.2. The fourth-order valence-corrected chi connectivity index (χ4v) is 4.39. The first-order valence-electron chi connectivity index (χ1n) is 8.02. The molecule has 2 aromatic heterocycles. The van der Waals surface area contributed by atoms with Gasteiger partial charge in [0, 0.05) is 23.7 Å². The molecule has 0 unspecified atom stereocenters. The SMILES string of the molecule is Cc1nnc([C@@H]2CN(C(=O)c3csc4c3CCCC4)CCO2)o1. The van der Waals surface area contributed by atoms with Gasteiger partial charge in [0.25, 0.3) is 5.91 Å². The first-order valence-corrected chi connectivity index (χ1v) is 8.90. The molecular weight excluding hydrogens is 314 g/mol. The van der Waals surface area contributed by atoms with Crippen molar-refractivity contribution in [2.75, 3.05) is 19.7 Å². The number of nitrogens with zero attached hydrogens (tertiary/aromatic N) is 3. The van der Waals surface area contributed by atoms with Crippen LogP contribution in [0.15, 0.2) is 9.80 Å². The summed E-state index contributed by atoms with van der Waals surface area (Å²) in [5, 5.41) is 9.89. The molecule has 23 heavy (non-hydrogen) atoms. The number of fused-ring (bicyclic) bond motifs is 1. The van der Waals surface area contributed by atoms with E-state index in [-0.39, 0.29) is 12.0 Å². The van der Waals surface area contributed by atoms with E-state index in [0.717, 1.165) is 18.4 Å². The van der Waals surface area contributed by atoms with Gasteiger partial charge in [0.1, 0.15) is 0 Å². The molecule has 3 heterocycles. The van der Waals surface area contributed by atoms with Crippen molar-refractivity contribution < 1.29 is 13.9 Å². The summed E-state index contributed by atoms with van der Waals surface area (Å²) >= 11 is 1.73. The smallest absolute Gasteiger partial charge is 0.255 e. The Labute approximate surface area is 138 Å². The van der Waals surface area contributed by atoms with Crippen LogP contribution in [0, 0.1) is 6.92 Å². The van der Waals surface area contributed by atoms with E-state index in [4.69, 9.17) is 9.15 Å². The van der Waals surface area contributed by atoms with Gasteiger partial charge in [-0.1, -0.05) is 0 Å². The lowest BCUT2D eigenvalue weighted by molar-refractivity contribution is -0.0349. The second kappa shape index (κ2) is 6.05. The maximum absolute atomic E-state index is 12.9. The summed E-state index contributed by atoms with van der Waals surface area (Å²) < 4.78 is 11.1. The van der Waals surface area contributed by atoms with Crippen molar-refractivity contribution in [2.45, 2.75) is 38.7 Å². The van der Waals surface area contributed by atoms with Crippen LogP contribution in [-0.2, 0) is 17.6 Å². The minimum Gasteiger partial charge on any atom is -0.423 e. The maximum Gasteiger partial charge on any atom is 0.255 e. The molecule has 0 bridgehead atoms. The van der Waals surface area contributed by atoms with Gasteiger partial charge >= 0.3 is 0 Å². The second-order valence-corrected chi connectivity index (χ2v) is 6.99. The lowest BCUT2D eigenvalue weighted by Crippen LogP contribution is -2.42. The summed E-state index contributed by atoms with van der Waals surface area (Å²) in [6.07, 6.45) is 4.22. The zero-order valence-electron chi connectivity index (χ0n) is 13.1. The molecule has 0 aromatic carbocycles. The third-order valence-electron chi connectivity index (χ3n) is 4.46. The highest BCUT2D eigenvalue weighted by molar-refractivity contribution is 7.10. The quantitative estimate of drug-likeness (QED) is 0.845. The topological polar surface area (TPSA) is 68.5 Å². The van der Waals surface area contributed by atoms with Gasteiger partial charge in [0.15, 0.2) is 6.10 Å². The fraction of sp³-hybridized carbons (Fsp3) is 0.562. The van der Waals surface area contributed by atoms with Gasteiger partial charge in [-0.15, -0.1) is 21.5 Å². The van der Waals surface area contributed by atoms with E-state index in [1.54, 1.807) is 18.3 Å². The number of amides is 1. The summed E-state index contributed by atoms with van der Waals surface area (Å²) in [5.41, 5.74) is 2.15. The summed E-state index contributed by atoms with van der Waals surface area (Å²) in [6, 6.07) is 0. The Balaban J connectivity index is 1.53. The molecular formula is C16H19N3O3S. The number of hydrogen-bond acceptors (Lipinski definition) is 6. The van der Waals surface area contributed by atoms with Crippen molar-refractivity contribution >= 4 is 17.2 Å². The molecule has 0 radical (unpaired) electrons. The highest BCUT2D eigenvalue weighted by Crippen LogP contribution is 2.32. The van der Waals surface area contributed by atoms with Gasteiger partial charge in [-0.2, -0.15) is 0 Å². The van der Waals surface area contributed by atoms with E-state index >= 15 is 0 Å². The lowest BCUT2D eigenvalue weighted by atomic mass is 9.95. The zero-order valence-corrected chi connectivity index (χ0v) is 13.9. The largest absolute Gasteiger partial charge is 0.423 e. The number of thiophene rings is 1. The highest BCUT2D eigenvalue weighted by Gasteiger charge is 2.31. The molecule has 7 heteroatoms. The molecule has 1 aliphatic heterocycles. The van der Waals surface area contributed by atoms with Crippen LogP contribution >= 0.6 is 11.3 Å². The van der Waals surface area contributed by atoms with Crippen LogP contribution in [0.5, 0.6) is 0 Å². The van der Waals surface area contributed by atoms with Crippen molar-refractivity contribution in [1.29, 1.82) is 0 Å². The third-order valence-corrected chi connectivity index (χ3v) is 5.55. The first kappa shape index (κ1) is 14.8. The number of hydrogen-bond donors (Lipinski definition) is 0. The summed E-state index contributed by atoms with van der Waals surface area (Å²) in [6.45, 7) is 3.31. The summed E-state index contributed by atoms with van der Waals surface area (Å²) in [4.78, 5) is 16.2. The minimum atomic E-state index is -0.330. The molecule has 1 atom stereocenters. The van der Waals surface area contributed by atoms with E-state index in [9.17, 15) is 4.79 Å². The Hall–Kier alpha value is -1.73. The van der Waals surface area contributed by atoms with Crippen molar-refractivity contribution in [3.63, 3.8) is 0 Å². The van der Waals surface area contributed by atoms with Crippen LogP contribution in [0.25, 0.3) is 0 Å². The number of rotatable bonds is 2. The Morgan fingerprint density at radius 2 is 2.22 bits per heavy atom. The molecule has 1 aliphatic carbocycles. The monoisotopic (exact) mass is 333 g/mol. The van der Waals surface area contributed by atoms with E-state index in [1.165, 1.54) is 23.3 Å². The normalized spacial score (nSPS) is 21.3. The van der Waals surface area contributed by atoms with Gasteiger partial charge in [0.2, 0.25) is 11.8 Å². The van der Waals surface area contributed by atoms with Crippen LogP contribution in [0.2, 0.25) is 0 Å². The molecule has 122 valence electrons. The molecule has 2 aliphatic rings. The molecule has 1 saturated heterocycles. The Kier molecular flexibility index (Phi) is 3.90. The van der Waals surface area contributed by atoms with E-state index in [2.05, 4.69) is 10.2 Å². The maximum atomic E-state index is 12.9. The van der Waals surface area contributed by atoms with Gasteiger partial charge in [-0.05, 0) is 31.2 Å². The van der Waals surface area contributed by atoms with Gasteiger partial charge in [-0.25, -0.2) is 0 Å². The second-order valence-electron chi connectivity index (χ2n) is 6.03. The molecule has 2 aromatic rings. The number of aryl methyl sites for hydroxylation is 2. The van der Waals surface area contributed by atoms with Crippen LogP contribution in [0.4, 0.5) is 0 Å². The molecule has 4 rings (SSSR count). The van der Waals surface area contributed by atoms with Crippen LogP contribution in [0.1, 0.15) is 51.5 Å². The number of ether oxygens (including phenoxy) is 1. The van der Waals surface area contributed by atoms with Gasteiger partial charge < -0.3 is 14.1 Å². The average molecular weight is 333 g/mol. The number of carbonyl (C=O) groups is 1. The molecule has 0 saturated carbocycles. The van der Waals surface area contributed by atoms with E-state index < -0.39 is 0 Å². The molecule has 1 fully saturated rings. The molecule has 6 nitrogen and oxygen atoms in total. The minimum absolute atomic E-state index is 0.105. The van der Waals surface area contributed by atoms with Crippen molar-refractivity contribution in [1.82, 2.24) is 15.1 Å². The van der Waals surface area contributed by atoms with Crippen LogP contribution in [0.3, 0.4) is 0 Å².